The highest BCUT2D eigenvalue weighted by Gasteiger charge is 2.12. The van der Waals surface area contributed by atoms with Crippen molar-refractivity contribution in [3.05, 3.63) is 57.9 Å². The lowest BCUT2D eigenvalue weighted by atomic mass is 10.2. The predicted octanol–water partition coefficient (Wildman–Crippen LogP) is 3.78. The second kappa shape index (κ2) is 7.97. The highest BCUT2D eigenvalue weighted by Crippen LogP contribution is 2.17. The molecular formula is C16H18IN3O. The van der Waals surface area contributed by atoms with Crippen LogP contribution in [-0.2, 0) is 6.42 Å². The first-order chi connectivity index (χ1) is 10.2. The van der Waals surface area contributed by atoms with Crippen molar-refractivity contribution in [1.82, 2.24) is 9.88 Å². The van der Waals surface area contributed by atoms with Gasteiger partial charge < -0.3 is 10.2 Å². The van der Waals surface area contributed by atoms with Gasteiger partial charge in [0.05, 0.1) is 5.69 Å². The molecule has 0 aliphatic rings. The fourth-order valence-electron chi connectivity index (χ4n) is 1.97. The van der Waals surface area contributed by atoms with Gasteiger partial charge in [-0.25, -0.2) is 4.79 Å². The number of amides is 2. The number of aromatic nitrogens is 1. The number of anilines is 1. The number of carbonyl (C=O) groups excluding carboxylic acids is 1. The molecule has 0 radical (unpaired) electrons. The van der Waals surface area contributed by atoms with Gasteiger partial charge in [0.25, 0.3) is 0 Å². The van der Waals surface area contributed by atoms with Crippen molar-refractivity contribution in [2.45, 2.75) is 13.3 Å². The van der Waals surface area contributed by atoms with Crippen molar-refractivity contribution in [2.24, 2.45) is 0 Å². The predicted molar refractivity (Wildman–Crippen MR) is 93.4 cm³/mol. The lowest BCUT2D eigenvalue weighted by Gasteiger charge is -2.21. The molecule has 21 heavy (non-hydrogen) atoms. The summed E-state index contributed by atoms with van der Waals surface area (Å²) in [4.78, 5) is 18.1. The number of rotatable bonds is 5. The van der Waals surface area contributed by atoms with E-state index in [4.69, 9.17) is 0 Å². The van der Waals surface area contributed by atoms with Crippen molar-refractivity contribution >= 4 is 34.3 Å². The van der Waals surface area contributed by atoms with Crippen LogP contribution in [0.4, 0.5) is 10.5 Å². The number of hydrogen-bond donors (Lipinski definition) is 1. The molecular weight excluding hydrogens is 377 g/mol. The molecule has 0 unspecified atom stereocenters. The summed E-state index contributed by atoms with van der Waals surface area (Å²) in [5.41, 5.74) is 2.04. The van der Waals surface area contributed by atoms with E-state index in [-0.39, 0.29) is 6.03 Å². The zero-order valence-electron chi connectivity index (χ0n) is 11.9. The van der Waals surface area contributed by atoms with Gasteiger partial charge in [0.2, 0.25) is 0 Å². The van der Waals surface area contributed by atoms with E-state index in [0.29, 0.717) is 13.1 Å². The number of likely N-dealkylation sites (N-methyl/N-ethyl adjacent to an activating group) is 1. The molecule has 5 heteroatoms. The summed E-state index contributed by atoms with van der Waals surface area (Å²) in [6.45, 7) is 3.36. The zero-order chi connectivity index (χ0) is 15.1. The Morgan fingerprint density at radius 2 is 1.95 bits per heavy atom. The van der Waals surface area contributed by atoms with Crippen LogP contribution in [0.3, 0.4) is 0 Å². The van der Waals surface area contributed by atoms with Gasteiger partial charge in [-0.3, -0.25) is 4.98 Å². The summed E-state index contributed by atoms with van der Waals surface area (Å²) in [7, 11) is 0. The average Bonchev–Trinajstić information content (AvgIpc) is 2.51. The van der Waals surface area contributed by atoms with Gasteiger partial charge in [-0.15, -0.1) is 0 Å². The number of halogens is 1. The first kappa shape index (κ1) is 15.8. The van der Waals surface area contributed by atoms with Crippen LogP contribution in [0.15, 0.2) is 48.8 Å². The number of benzene rings is 1. The number of nitrogens with zero attached hydrogens (tertiary/aromatic N) is 2. The summed E-state index contributed by atoms with van der Waals surface area (Å²) < 4.78 is 1.04. The van der Waals surface area contributed by atoms with Gasteiger partial charge in [-0.2, -0.15) is 0 Å². The minimum Gasteiger partial charge on any atom is -0.324 e. The van der Waals surface area contributed by atoms with E-state index in [1.165, 1.54) is 5.56 Å². The fourth-order valence-corrected chi connectivity index (χ4v) is 2.50. The molecule has 1 N–H and O–H groups in total. The molecule has 2 aromatic rings. The summed E-state index contributed by atoms with van der Waals surface area (Å²) >= 11 is 2.22. The van der Waals surface area contributed by atoms with Gasteiger partial charge in [0.15, 0.2) is 0 Å². The smallest absolute Gasteiger partial charge is 0.321 e. The van der Waals surface area contributed by atoms with E-state index in [9.17, 15) is 4.79 Å². The Hall–Kier alpha value is -1.63. The molecule has 1 aromatic heterocycles. The molecule has 0 atom stereocenters. The van der Waals surface area contributed by atoms with E-state index < -0.39 is 0 Å². The number of carbonyl (C=O) groups is 1. The molecule has 1 heterocycles. The second-order valence-corrected chi connectivity index (χ2v) is 5.76. The molecule has 0 spiro atoms. The van der Waals surface area contributed by atoms with Gasteiger partial charge in [-0.1, -0.05) is 12.1 Å². The van der Waals surface area contributed by atoms with Crippen molar-refractivity contribution in [1.29, 1.82) is 0 Å². The van der Waals surface area contributed by atoms with Crippen molar-refractivity contribution in [3.8, 4) is 0 Å². The van der Waals surface area contributed by atoms with Crippen LogP contribution in [0.5, 0.6) is 0 Å². The molecule has 1 aromatic carbocycles. The zero-order valence-corrected chi connectivity index (χ0v) is 14.1. The minimum atomic E-state index is -0.0596. The van der Waals surface area contributed by atoms with Crippen molar-refractivity contribution in [2.75, 3.05) is 18.4 Å². The standard InChI is InChI=1S/C16H18IN3O/c1-2-20(12-9-13-7-10-18-11-8-13)16(21)19-15-6-4-3-5-14(15)17/h3-8,10-11H,2,9,12H2,1H3,(H,19,21). The van der Waals surface area contributed by atoms with Crippen LogP contribution < -0.4 is 5.32 Å². The van der Waals surface area contributed by atoms with E-state index in [1.54, 1.807) is 12.4 Å². The molecule has 0 bridgehead atoms. The summed E-state index contributed by atoms with van der Waals surface area (Å²) in [6.07, 6.45) is 4.38. The Bertz CT molecular complexity index is 589. The molecule has 0 saturated carbocycles. The van der Waals surface area contributed by atoms with E-state index in [2.05, 4.69) is 32.9 Å². The molecule has 110 valence electrons. The number of pyridine rings is 1. The normalized spacial score (nSPS) is 10.2. The highest BCUT2D eigenvalue weighted by atomic mass is 127. The molecule has 0 aliphatic carbocycles. The lowest BCUT2D eigenvalue weighted by molar-refractivity contribution is 0.215. The first-order valence-electron chi connectivity index (χ1n) is 6.90. The van der Waals surface area contributed by atoms with E-state index in [0.717, 1.165) is 15.7 Å². The monoisotopic (exact) mass is 395 g/mol. The minimum absolute atomic E-state index is 0.0596. The lowest BCUT2D eigenvalue weighted by Crippen LogP contribution is -2.36. The summed E-state index contributed by atoms with van der Waals surface area (Å²) in [5, 5.41) is 2.96. The molecule has 2 amide bonds. The number of urea groups is 1. The third kappa shape index (κ3) is 4.70. The maximum atomic E-state index is 12.3. The Labute approximate surface area is 138 Å². The van der Waals surface area contributed by atoms with E-state index in [1.807, 2.05) is 48.2 Å². The Morgan fingerprint density at radius 1 is 1.24 bits per heavy atom. The molecule has 0 saturated heterocycles. The Morgan fingerprint density at radius 3 is 2.62 bits per heavy atom. The fraction of sp³-hybridized carbons (Fsp3) is 0.250. The Kier molecular flexibility index (Phi) is 5.98. The topological polar surface area (TPSA) is 45.2 Å². The maximum Gasteiger partial charge on any atom is 0.321 e. The largest absolute Gasteiger partial charge is 0.324 e. The maximum absolute atomic E-state index is 12.3. The molecule has 0 fully saturated rings. The molecule has 4 nitrogen and oxygen atoms in total. The van der Waals surface area contributed by atoms with Crippen LogP contribution >= 0.6 is 22.6 Å². The number of hydrogen-bond acceptors (Lipinski definition) is 2. The summed E-state index contributed by atoms with van der Waals surface area (Å²) in [5.74, 6) is 0. The van der Waals surface area contributed by atoms with Gasteiger partial charge >= 0.3 is 6.03 Å². The van der Waals surface area contributed by atoms with Crippen LogP contribution in [0.1, 0.15) is 12.5 Å². The average molecular weight is 395 g/mol. The Balaban J connectivity index is 1.94. The van der Waals surface area contributed by atoms with Crippen LogP contribution in [0, 0.1) is 3.57 Å². The second-order valence-electron chi connectivity index (χ2n) is 4.60. The van der Waals surface area contributed by atoms with E-state index >= 15 is 0 Å². The number of para-hydroxylation sites is 1. The molecule has 2 rings (SSSR count). The number of nitrogens with one attached hydrogen (secondary N) is 1. The molecule has 0 aliphatic heterocycles. The van der Waals surface area contributed by atoms with Gasteiger partial charge in [0, 0.05) is 29.1 Å². The van der Waals surface area contributed by atoms with Crippen LogP contribution in [0.2, 0.25) is 0 Å². The quantitative estimate of drug-likeness (QED) is 0.784. The third-order valence-corrected chi connectivity index (χ3v) is 4.14. The SMILES string of the molecule is CCN(CCc1ccncc1)C(=O)Nc1ccccc1I. The highest BCUT2D eigenvalue weighted by molar-refractivity contribution is 14.1. The van der Waals surface area contributed by atoms with Crippen molar-refractivity contribution in [3.63, 3.8) is 0 Å². The van der Waals surface area contributed by atoms with Crippen LogP contribution in [-0.4, -0.2) is 29.0 Å². The van der Waals surface area contributed by atoms with Gasteiger partial charge in [0.1, 0.15) is 0 Å². The van der Waals surface area contributed by atoms with Gasteiger partial charge in [-0.05, 0) is 65.8 Å². The first-order valence-corrected chi connectivity index (χ1v) is 7.98. The third-order valence-electron chi connectivity index (χ3n) is 3.20. The van der Waals surface area contributed by atoms with Crippen molar-refractivity contribution < 1.29 is 4.79 Å². The van der Waals surface area contributed by atoms with Crippen LogP contribution in [0.25, 0.3) is 0 Å². The summed E-state index contributed by atoms with van der Waals surface area (Å²) in [6, 6.07) is 11.7.